The Balaban J connectivity index is 2.40. The normalized spacial score (nSPS) is 22.1. The van der Waals surface area contributed by atoms with Gasteiger partial charge in [-0.2, -0.15) is 0 Å². The van der Waals surface area contributed by atoms with Crippen molar-refractivity contribution in [2.24, 2.45) is 5.92 Å². The second-order valence-corrected chi connectivity index (χ2v) is 6.02. The highest BCUT2D eigenvalue weighted by molar-refractivity contribution is 9.10. The number of aliphatic carboxylic acids is 1. The first-order valence-electron chi connectivity index (χ1n) is 6.73. The Morgan fingerprint density at radius 3 is 2.95 bits per heavy atom. The third-order valence-corrected chi connectivity index (χ3v) is 4.29. The van der Waals surface area contributed by atoms with Crippen molar-refractivity contribution in [3.05, 3.63) is 26.9 Å². The van der Waals surface area contributed by atoms with E-state index in [4.69, 9.17) is 0 Å². The fraction of sp³-hybridized carbons (Fsp3) is 0.538. The minimum absolute atomic E-state index is 0.130. The van der Waals surface area contributed by atoms with E-state index in [0.717, 1.165) is 12.8 Å². The van der Waals surface area contributed by atoms with E-state index in [2.05, 4.69) is 20.9 Å². The number of nitrogens with zero attached hydrogens (tertiary/aromatic N) is 3. The van der Waals surface area contributed by atoms with Crippen LogP contribution in [0.15, 0.2) is 16.7 Å². The van der Waals surface area contributed by atoms with E-state index in [1.165, 1.54) is 12.3 Å². The summed E-state index contributed by atoms with van der Waals surface area (Å²) in [7, 11) is 0. The number of carboxylic acids is 1. The van der Waals surface area contributed by atoms with E-state index in [1.54, 1.807) is 4.90 Å². The number of aromatic nitrogens is 1. The zero-order valence-corrected chi connectivity index (χ0v) is 13.1. The SMILES string of the molecule is CCC1CCN(c2ncc(Br)cc2[N+](=O)[O-])C(C(=O)O)C1. The number of piperidine rings is 1. The average Bonchev–Trinajstić information content (AvgIpc) is 2.46. The molecule has 1 aliphatic heterocycles. The zero-order chi connectivity index (χ0) is 15.6. The number of carboxylic acid groups (broad SMARTS) is 1. The zero-order valence-electron chi connectivity index (χ0n) is 11.5. The maximum Gasteiger partial charge on any atom is 0.326 e. The van der Waals surface area contributed by atoms with Crippen LogP contribution in [-0.2, 0) is 4.79 Å². The minimum atomic E-state index is -0.966. The number of hydrogen-bond acceptors (Lipinski definition) is 5. The topological polar surface area (TPSA) is 96.6 Å². The van der Waals surface area contributed by atoms with Gasteiger partial charge in [-0.25, -0.2) is 9.78 Å². The monoisotopic (exact) mass is 357 g/mol. The molecule has 2 atom stereocenters. The van der Waals surface area contributed by atoms with Gasteiger partial charge in [0, 0.05) is 23.3 Å². The summed E-state index contributed by atoms with van der Waals surface area (Å²) >= 11 is 3.15. The van der Waals surface area contributed by atoms with E-state index in [1.807, 2.05) is 6.92 Å². The summed E-state index contributed by atoms with van der Waals surface area (Å²) in [6.07, 6.45) is 3.66. The third kappa shape index (κ3) is 3.31. The van der Waals surface area contributed by atoms with Gasteiger partial charge in [0.15, 0.2) is 0 Å². The summed E-state index contributed by atoms with van der Waals surface area (Å²) in [5, 5.41) is 20.6. The Bertz CT molecular complexity index is 566. The largest absolute Gasteiger partial charge is 0.480 e. The van der Waals surface area contributed by atoms with Crippen LogP contribution >= 0.6 is 15.9 Å². The van der Waals surface area contributed by atoms with Crippen LogP contribution in [0.25, 0.3) is 0 Å². The van der Waals surface area contributed by atoms with E-state index in [9.17, 15) is 20.0 Å². The number of carbonyl (C=O) groups is 1. The van der Waals surface area contributed by atoms with Gasteiger partial charge < -0.3 is 10.0 Å². The number of anilines is 1. The van der Waals surface area contributed by atoms with Gasteiger partial charge in [-0.1, -0.05) is 13.3 Å². The highest BCUT2D eigenvalue weighted by Crippen LogP contribution is 2.35. The lowest BCUT2D eigenvalue weighted by Gasteiger charge is -2.37. The Labute approximate surface area is 130 Å². The summed E-state index contributed by atoms with van der Waals surface area (Å²) in [5.41, 5.74) is -0.175. The van der Waals surface area contributed by atoms with Crippen molar-refractivity contribution in [3.63, 3.8) is 0 Å². The molecule has 114 valence electrons. The molecule has 0 aliphatic carbocycles. The third-order valence-electron chi connectivity index (χ3n) is 3.86. The molecule has 0 amide bonds. The van der Waals surface area contributed by atoms with Crippen LogP contribution in [0.1, 0.15) is 26.2 Å². The molecule has 8 heteroatoms. The highest BCUT2D eigenvalue weighted by atomic mass is 79.9. The molecule has 21 heavy (non-hydrogen) atoms. The molecule has 0 aromatic carbocycles. The minimum Gasteiger partial charge on any atom is -0.480 e. The lowest BCUT2D eigenvalue weighted by atomic mass is 9.89. The molecule has 0 spiro atoms. The molecule has 1 fully saturated rings. The quantitative estimate of drug-likeness (QED) is 0.657. The van der Waals surface area contributed by atoms with Crippen LogP contribution in [0.5, 0.6) is 0 Å². The van der Waals surface area contributed by atoms with Gasteiger partial charge in [0.2, 0.25) is 5.82 Å². The molecule has 0 bridgehead atoms. The van der Waals surface area contributed by atoms with Crippen LogP contribution in [0, 0.1) is 16.0 Å². The summed E-state index contributed by atoms with van der Waals surface area (Å²) < 4.78 is 0.494. The molecule has 0 saturated carbocycles. The van der Waals surface area contributed by atoms with Gasteiger partial charge in [-0.05, 0) is 34.7 Å². The van der Waals surface area contributed by atoms with Crippen LogP contribution in [0.3, 0.4) is 0 Å². The van der Waals surface area contributed by atoms with Gasteiger partial charge in [0.25, 0.3) is 0 Å². The fourth-order valence-electron chi connectivity index (χ4n) is 2.67. The molecular weight excluding hydrogens is 342 g/mol. The molecule has 7 nitrogen and oxygen atoms in total. The van der Waals surface area contributed by atoms with Gasteiger partial charge >= 0.3 is 11.7 Å². The Morgan fingerprint density at radius 2 is 2.38 bits per heavy atom. The van der Waals surface area contributed by atoms with Crippen LogP contribution in [0.2, 0.25) is 0 Å². The van der Waals surface area contributed by atoms with E-state index >= 15 is 0 Å². The molecule has 1 aromatic heterocycles. The maximum atomic E-state index is 11.5. The molecule has 1 N–H and O–H groups in total. The van der Waals surface area contributed by atoms with E-state index in [0.29, 0.717) is 23.4 Å². The van der Waals surface area contributed by atoms with Crippen molar-refractivity contribution in [2.45, 2.75) is 32.2 Å². The first kappa shape index (κ1) is 15.7. The van der Waals surface area contributed by atoms with Crippen LogP contribution in [0.4, 0.5) is 11.5 Å². The Hall–Kier alpha value is -1.70. The summed E-state index contributed by atoms with van der Waals surface area (Å²) in [5.74, 6) is -0.505. The van der Waals surface area contributed by atoms with Crippen molar-refractivity contribution in [1.82, 2.24) is 4.98 Å². The van der Waals surface area contributed by atoms with E-state index in [-0.39, 0.29) is 11.5 Å². The van der Waals surface area contributed by atoms with Gasteiger partial charge in [0.05, 0.1) is 4.92 Å². The van der Waals surface area contributed by atoms with Gasteiger partial charge in [-0.3, -0.25) is 10.1 Å². The highest BCUT2D eigenvalue weighted by Gasteiger charge is 2.36. The van der Waals surface area contributed by atoms with Crippen molar-refractivity contribution in [3.8, 4) is 0 Å². The lowest BCUT2D eigenvalue weighted by molar-refractivity contribution is -0.384. The number of pyridine rings is 1. The molecule has 0 radical (unpaired) electrons. The van der Waals surface area contributed by atoms with Crippen molar-refractivity contribution in [2.75, 3.05) is 11.4 Å². The smallest absolute Gasteiger partial charge is 0.326 e. The average molecular weight is 358 g/mol. The summed E-state index contributed by atoms with van der Waals surface area (Å²) in [6, 6.07) is 0.587. The Morgan fingerprint density at radius 1 is 1.67 bits per heavy atom. The maximum absolute atomic E-state index is 11.5. The van der Waals surface area contributed by atoms with Crippen LogP contribution < -0.4 is 4.90 Å². The molecule has 1 saturated heterocycles. The first-order chi connectivity index (χ1) is 9.93. The number of nitro groups is 1. The first-order valence-corrected chi connectivity index (χ1v) is 7.52. The van der Waals surface area contributed by atoms with Gasteiger partial charge in [0.1, 0.15) is 6.04 Å². The second kappa shape index (κ2) is 6.38. The van der Waals surface area contributed by atoms with Crippen molar-refractivity contribution >= 4 is 33.4 Å². The fourth-order valence-corrected chi connectivity index (χ4v) is 2.99. The lowest BCUT2D eigenvalue weighted by Crippen LogP contribution is -2.47. The molecular formula is C13H16BrN3O4. The molecule has 2 heterocycles. The predicted octanol–water partition coefficient (Wildman–Crippen LogP) is 2.83. The molecule has 1 aliphatic rings. The van der Waals surface area contributed by atoms with Crippen molar-refractivity contribution in [1.29, 1.82) is 0 Å². The summed E-state index contributed by atoms with van der Waals surface area (Å²) in [6.45, 7) is 2.49. The van der Waals surface area contributed by atoms with Crippen LogP contribution in [-0.4, -0.2) is 33.6 Å². The number of rotatable bonds is 4. The molecule has 2 unspecified atom stereocenters. The summed E-state index contributed by atoms with van der Waals surface area (Å²) in [4.78, 5) is 27.8. The number of halogens is 1. The Kier molecular flexibility index (Phi) is 4.76. The van der Waals surface area contributed by atoms with E-state index < -0.39 is 16.9 Å². The second-order valence-electron chi connectivity index (χ2n) is 5.10. The standard InChI is InChI=1S/C13H16BrN3O4/c1-2-8-3-4-16(11(5-8)13(18)19)12-10(17(20)21)6-9(14)7-15-12/h6-8,11H,2-5H2,1H3,(H,18,19). The molecule has 1 aromatic rings. The predicted molar refractivity (Wildman–Crippen MR) is 80.4 cm³/mol. The van der Waals surface area contributed by atoms with Gasteiger partial charge in [-0.15, -0.1) is 0 Å². The number of hydrogen-bond donors (Lipinski definition) is 1. The van der Waals surface area contributed by atoms with Crippen molar-refractivity contribution < 1.29 is 14.8 Å². The molecule has 2 rings (SSSR count).